The van der Waals surface area contributed by atoms with Gasteiger partial charge in [0, 0.05) is 30.3 Å². The molecule has 2 N–H and O–H groups in total. The Morgan fingerprint density at radius 3 is 2.71 bits per heavy atom. The molecule has 1 aliphatic rings. The molecule has 0 radical (unpaired) electrons. The van der Waals surface area contributed by atoms with Gasteiger partial charge in [-0.3, -0.25) is 14.6 Å². The van der Waals surface area contributed by atoms with Crippen molar-refractivity contribution in [1.82, 2.24) is 24.9 Å². The van der Waals surface area contributed by atoms with Gasteiger partial charge < -0.3 is 15.4 Å². The number of carbonyl (C=O) groups is 2. The lowest BCUT2D eigenvalue weighted by Crippen LogP contribution is -2.38. The van der Waals surface area contributed by atoms with Gasteiger partial charge >= 0.3 is 0 Å². The standard InChI is InChI=1S/C28H33FN6O3/c1-6-24(36)34-13-7-8-19(34)16-38-23-15-31-12-11-20(23)21-10-9-18(17(2)25(21)29)14-22-26(27(30)37)32-33-35(22)28(3,4)5/h6,9-12,15,19H,1,7-8,13-14,16H2,2-5H3,(H2,30,37). The molecule has 2 amide bonds. The first-order chi connectivity index (χ1) is 18.0. The number of hydrogen-bond acceptors (Lipinski definition) is 6. The summed E-state index contributed by atoms with van der Waals surface area (Å²) in [6.07, 6.45) is 6.40. The molecule has 0 spiro atoms. The molecule has 200 valence electrons. The molecule has 0 bridgehead atoms. The number of likely N-dealkylation sites (tertiary alicyclic amines) is 1. The highest BCUT2D eigenvalue weighted by Gasteiger charge is 2.29. The Morgan fingerprint density at radius 2 is 2.03 bits per heavy atom. The first-order valence-corrected chi connectivity index (χ1v) is 12.6. The Labute approximate surface area is 221 Å². The van der Waals surface area contributed by atoms with Gasteiger partial charge in [0.15, 0.2) is 5.69 Å². The van der Waals surface area contributed by atoms with Crippen LogP contribution < -0.4 is 10.5 Å². The molecule has 1 saturated heterocycles. The summed E-state index contributed by atoms with van der Waals surface area (Å²) in [5.74, 6) is -0.775. The van der Waals surface area contributed by atoms with Crippen LogP contribution in [-0.2, 0) is 16.8 Å². The number of nitrogens with two attached hydrogens (primary N) is 1. The van der Waals surface area contributed by atoms with Crippen molar-refractivity contribution in [2.75, 3.05) is 13.2 Å². The third-order valence-electron chi connectivity index (χ3n) is 6.83. The van der Waals surface area contributed by atoms with Crippen molar-refractivity contribution in [3.05, 3.63) is 71.6 Å². The minimum atomic E-state index is -0.681. The molecule has 3 aromatic rings. The molecule has 2 aromatic heterocycles. The van der Waals surface area contributed by atoms with Gasteiger partial charge in [-0.15, -0.1) is 5.10 Å². The van der Waals surface area contributed by atoms with E-state index in [0.717, 1.165) is 12.8 Å². The van der Waals surface area contributed by atoms with Gasteiger partial charge in [0.2, 0.25) is 5.91 Å². The highest BCUT2D eigenvalue weighted by molar-refractivity contribution is 5.92. The molecule has 1 unspecified atom stereocenters. The number of halogens is 1. The van der Waals surface area contributed by atoms with Crippen molar-refractivity contribution >= 4 is 11.8 Å². The van der Waals surface area contributed by atoms with E-state index in [1.165, 1.54) is 6.08 Å². The van der Waals surface area contributed by atoms with E-state index in [-0.39, 0.29) is 30.7 Å². The summed E-state index contributed by atoms with van der Waals surface area (Å²) in [6, 6.07) is 5.14. The van der Waals surface area contributed by atoms with Crippen LogP contribution in [0.1, 0.15) is 60.9 Å². The molecule has 1 atom stereocenters. The summed E-state index contributed by atoms with van der Waals surface area (Å²) < 4.78 is 23.6. The molecular formula is C28H33FN6O3. The summed E-state index contributed by atoms with van der Waals surface area (Å²) in [7, 11) is 0. The van der Waals surface area contributed by atoms with Crippen molar-refractivity contribution in [3.63, 3.8) is 0 Å². The number of ether oxygens (including phenoxy) is 1. The van der Waals surface area contributed by atoms with E-state index in [1.54, 1.807) is 41.0 Å². The maximum atomic E-state index is 15.8. The first kappa shape index (κ1) is 27.0. The van der Waals surface area contributed by atoms with Crippen molar-refractivity contribution in [1.29, 1.82) is 0 Å². The van der Waals surface area contributed by atoms with Crippen LogP contribution in [0.5, 0.6) is 5.75 Å². The fourth-order valence-corrected chi connectivity index (χ4v) is 4.82. The second-order valence-electron chi connectivity index (χ2n) is 10.4. The SMILES string of the molecule is C=CC(=O)N1CCCC1COc1cnccc1-c1ccc(Cc2c(C(N)=O)nnn2C(C)(C)C)c(C)c1F. The van der Waals surface area contributed by atoms with E-state index in [2.05, 4.69) is 21.9 Å². The van der Waals surface area contributed by atoms with E-state index in [0.29, 0.717) is 40.2 Å². The van der Waals surface area contributed by atoms with E-state index in [4.69, 9.17) is 10.5 Å². The highest BCUT2D eigenvalue weighted by Crippen LogP contribution is 2.34. The van der Waals surface area contributed by atoms with E-state index < -0.39 is 17.3 Å². The van der Waals surface area contributed by atoms with Crippen LogP contribution in [-0.4, -0.2) is 55.9 Å². The zero-order valence-electron chi connectivity index (χ0n) is 22.2. The number of nitrogens with zero attached hydrogens (tertiary/aromatic N) is 5. The summed E-state index contributed by atoms with van der Waals surface area (Å²) in [5.41, 5.74) is 7.74. The van der Waals surface area contributed by atoms with Crippen LogP contribution in [0, 0.1) is 12.7 Å². The molecule has 9 nitrogen and oxygen atoms in total. The van der Waals surface area contributed by atoms with Crippen LogP contribution in [0.4, 0.5) is 4.39 Å². The third kappa shape index (κ3) is 5.29. The monoisotopic (exact) mass is 520 g/mol. The number of rotatable bonds is 8. The zero-order valence-corrected chi connectivity index (χ0v) is 22.2. The predicted molar refractivity (Wildman–Crippen MR) is 141 cm³/mol. The lowest BCUT2D eigenvalue weighted by molar-refractivity contribution is -0.127. The minimum Gasteiger partial charge on any atom is -0.489 e. The van der Waals surface area contributed by atoms with E-state index in [9.17, 15) is 9.59 Å². The largest absolute Gasteiger partial charge is 0.489 e. The Kier molecular flexibility index (Phi) is 7.61. The Balaban J connectivity index is 1.63. The normalized spacial score (nSPS) is 15.5. The van der Waals surface area contributed by atoms with Crippen LogP contribution >= 0.6 is 0 Å². The van der Waals surface area contributed by atoms with Gasteiger partial charge in [0.1, 0.15) is 18.2 Å². The molecule has 0 saturated carbocycles. The summed E-state index contributed by atoms with van der Waals surface area (Å²) in [6.45, 7) is 12.0. The number of amides is 2. The second-order valence-corrected chi connectivity index (χ2v) is 10.4. The minimum absolute atomic E-state index is 0.0736. The zero-order chi connectivity index (χ0) is 27.6. The molecule has 0 aliphatic carbocycles. The second kappa shape index (κ2) is 10.7. The highest BCUT2D eigenvalue weighted by atomic mass is 19.1. The Morgan fingerprint density at radius 1 is 1.26 bits per heavy atom. The number of primary amides is 1. The van der Waals surface area contributed by atoms with Gasteiger partial charge in [0.05, 0.1) is 23.5 Å². The van der Waals surface area contributed by atoms with Crippen LogP contribution in [0.25, 0.3) is 11.1 Å². The molecule has 1 aliphatic heterocycles. The van der Waals surface area contributed by atoms with Crippen molar-refractivity contribution in [3.8, 4) is 16.9 Å². The molecule has 1 fully saturated rings. The topological polar surface area (TPSA) is 116 Å². The van der Waals surface area contributed by atoms with Crippen LogP contribution in [0.3, 0.4) is 0 Å². The maximum Gasteiger partial charge on any atom is 0.271 e. The summed E-state index contributed by atoms with van der Waals surface area (Å²) in [4.78, 5) is 30.1. The molecule has 38 heavy (non-hydrogen) atoms. The van der Waals surface area contributed by atoms with E-state index in [1.807, 2.05) is 26.8 Å². The smallest absolute Gasteiger partial charge is 0.271 e. The van der Waals surface area contributed by atoms with Crippen molar-refractivity contribution in [2.45, 2.75) is 58.5 Å². The Bertz CT molecular complexity index is 1380. The number of aromatic nitrogens is 4. The number of pyridine rings is 1. The number of benzene rings is 1. The predicted octanol–water partition coefficient (Wildman–Crippen LogP) is 3.79. The summed E-state index contributed by atoms with van der Waals surface area (Å²) >= 11 is 0. The Hall–Kier alpha value is -4.08. The quantitative estimate of drug-likeness (QED) is 0.452. The van der Waals surface area contributed by atoms with Gasteiger partial charge in [-0.05, 0) is 63.8 Å². The molecule has 10 heteroatoms. The van der Waals surface area contributed by atoms with Crippen LogP contribution in [0.15, 0.2) is 43.2 Å². The fraction of sp³-hybridized carbons (Fsp3) is 0.393. The third-order valence-corrected chi connectivity index (χ3v) is 6.83. The van der Waals surface area contributed by atoms with Crippen molar-refractivity contribution in [2.24, 2.45) is 5.73 Å². The fourth-order valence-electron chi connectivity index (χ4n) is 4.82. The molecule has 1 aromatic carbocycles. The number of carbonyl (C=O) groups excluding carboxylic acids is 2. The lowest BCUT2D eigenvalue weighted by Gasteiger charge is -2.24. The van der Waals surface area contributed by atoms with Gasteiger partial charge in [-0.25, -0.2) is 9.07 Å². The first-order valence-electron chi connectivity index (χ1n) is 12.6. The average molecular weight is 521 g/mol. The summed E-state index contributed by atoms with van der Waals surface area (Å²) in [5, 5.41) is 8.10. The van der Waals surface area contributed by atoms with Gasteiger partial charge in [-0.2, -0.15) is 0 Å². The van der Waals surface area contributed by atoms with Gasteiger partial charge in [-0.1, -0.05) is 23.9 Å². The molecule has 4 rings (SSSR count). The number of hydrogen-bond donors (Lipinski definition) is 1. The molecule has 3 heterocycles. The van der Waals surface area contributed by atoms with Crippen molar-refractivity contribution < 1.29 is 18.7 Å². The lowest BCUT2D eigenvalue weighted by atomic mass is 9.95. The maximum absolute atomic E-state index is 15.8. The van der Waals surface area contributed by atoms with E-state index >= 15 is 4.39 Å². The average Bonchev–Trinajstić information content (AvgIpc) is 3.53. The van der Waals surface area contributed by atoms with Crippen LogP contribution in [0.2, 0.25) is 0 Å². The van der Waals surface area contributed by atoms with Gasteiger partial charge in [0.25, 0.3) is 5.91 Å². The molecular weight excluding hydrogens is 487 g/mol.